The molecule has 0 aliphatic rings. The number of carbonyl (C=O) groups is 2. The Morgan fingerprint density at radius 2 is 0.667 bits per heavy atom. The molecule has 3 N–H and O–H groups in total. The van der Waals surface area contributed by atoms with Gasteiger partial charge in [0, 0.05) is 12.8 Å². The lowest BCUT2D eigenvalue weighted by molar-refractivity contribution is -0.143. The molecule has 2 atom stereocenters. The first-order valence-corrected chi connectivity index (χ1v) is 31.5. The standard InChI is InChI=1S/C63H123NO5/c1-3-5-7-9-11-13-15-16-17-18-27-30-33-37-41-45-49-53-57-63(68)69-58-54-50-46-42-38-34-31-28-25-23-21-19-20-22-24-26-29-32-36-40-44-48-52-56-62(67)64-60(59-65)61(66)55-51-47-43-39-35-14-12-10-8-6-4-2/h51,55,60-61,65-66H,3-50,52-54,56-59H2,1-2H3,(H,64,67)/b55-51+. The van der Waals surface area contributed by atoms with Gasteiger partial charge in [-0.25, -0.2) is 0 Å². The van der Waals surface area contributed by atoms with Gasteiger partial charge in [-0.2, -0.15) is 0 Å². The van der Waals surface area contributed by atoms with Crippen molar-refractivity contribution in [1.29, 1.82) is 0 Å². The van der Waals surface area contributed by atoms with Gasteiger partial charge in [0.1, 0.15) is 0 Å². The molecule has 0 aliphatic heterocycles. The Balaban J connectivity index is 3.34. The monoisotopic (exact) mass is 974 g/mol. The summed E-state index contributed by atoms with van der Waals surface area (Å²) in [6.07, 6.45) is 71.2. The molecule has 0 rings (SSSR count). The summed E-state index contributed by atoms with van der Waals surface area (Å²) in [6.45, 7) is 4.92. The fourth-order valence-corrected chi connectivity index (χ4v) is 9.99. The highest BCUT2D eigenvalue weighted by atomic mass is 16.5. The topological polar surface area (TPSA) is 95.9 Å². The molecular formula is C63H123NO5. The van der Waals surface area contributed by atoms with Crippen molar-refractivity contribution in [3.63, 3.8) is 0 Å². The predicted octanol–water partition coefficient (Wildman–Crippen LogP) is 19.6. The van der Waals surface area contributed by atoms with Gasteiger partial charge in [-0.15, -0.1) is 0 Å². The van der Waals surface area contributed by atoms with E-state index in [4.69, 9.17) is 4.74 Å². The molecule has 6 nitrogen and oxygen atoms in total. The van der Waals surface area contributed by atoms with E-state index in [0.29, 0.717) is 19.4 Å². The molecule has 0 aromatic rings. The maximum atomic E-state index is 12.4. The average molecular weight is 975 g/mol. The quantitative estimate of drug-likeness (QED) is 0.0321. The molecule has 1 amide bonds. The third-order valence-electron chi connectivity index (χ3n) is 14.8. The normalized spacial score (nSPS) is 12.6. The van der Waals surface area contributed by atoms with Crippen LogP contribution in [-0.2, 0) is 14.3 Å². The van der Waals surface area contributed by atoms with Crippen molar-refractivity contribution < 1.29 is 24.5 Å². The summed E-state index contributed by atoms with van der Waals surface area (Å²) in [6, 6.07) is -0.625. The average Bonchev–Trinajstić information content (AvgIpc) is 3.35. The number of hydrogen-bond acceptors (Lipinski definition) is 5. The predicted molar refractivity (Wildman–Crippen MR) is 301 cm³/mol. The lowest BCUT2D eigenvalue weighted by Crippen LogP contribution is -2.45. The Morgan fingerprint density at radius 3 is 0.986 bits per heavy atom. The number of ether oxygens (including phenoxy) is 1. The lowest BCUT2D eigenvalue weighted by Gasteiger charge is -2.20. The maximum Gasteiger partial charge on any atom is 0.305 e. The number of amides is 1. The first-order chi connectivity index (χ1) is 34.0. The highest BCUT2D eigenvalue weighted by Gasteiger charge is 2.18. The molecule has 0 aromatic heterocycles. The molecule has 0 aromatic carbocycles. The van der Waals surface area contributed by atoms with Crippen LogP contribution < -0.4 is 5.32 Å². The van der Waals surface area contributed by atoms with Crippen molar-refractivity contribution in [3.8, 4) is 0 Å². The van der Waals surface area contributed by atoms with Crippen LogP contribution in [-0.4, -0.2) is 47.4 Å². The molecule has 0 saturated carbocycles. The third-order valence-corrected chi connectivity index (χ3v) is 14.8. The summed E-state index contributed by atoms with van der Waals surface area (Å²) in [7, 11) is 0. The zero-order valence-electron chi connectivity index (χ0n) is 46.8. The zero-order valence-corrected chi connectivity index (χ0v) is 46.8. The molecule has 69 heavy (non-hydrogen) atoms. The van der Waals surface area contributed by atoms with Gasteiger partial charge in [-0.3, -0.25) is 9.59 Å². The van der Waals surface area contributed by atoms with Crippen LogP contribution in [0, 0.1) is 0 Å². The van der Waals surface area contributed by atoms with Crippen LogP contribution >= 0.6 is 0 Å². The van der Waals surface area contributed by atoms with Crippen molar-refractivity contribution in [2.45, 2.75) is 366 Å². The fourth-order valence-electron chi connectivity index (χ4n) is 9.99. The number of allylic oxidation sites excluding steroid dienone is 1. The van der Waals surface area contributed by atoms with E-state index >= 15 is 0 Å². The van der Waals surface area contributed by atoms with Crippen LogP contribution in [0.4, 0.5) is 0 Å². The first kappa shape index (κ1) is 67.6. The second-order valence-corrected chi connectivity index (χ2v) is 21.8. The number of nitrogens with one attached hydrogen (secondary N) is 1. The van der Waals surface area contributed by atoms with Gasteiger partial charge in [0.25, 0.3) is 0 Å². The van der Waals surface area contributed by atoms with Crippen LogP contribution in [0.25, 0.3) is 0 Å². The van der Waals surface area contributed by atoms with Gasteiger partial charge < -0.3 is 20.3 Å². The minimum atomic E-state index is -0.842. The van der Waals surface area contributed by atoms with Gasteiger partial charge >= 0.3 is 5.97 Å². The van der Waals surface area contributed by atoms with Crippen molar-refractivity contribution in [2.24, 2.45) is 0 Å². The number of aliphatic hydroxyl groups is 2. The molecule has 0 saturated heterocycles. The minimum Gasteiger partial charge on any atom is -0.466 e. The van der Waals surface area contributed by atoms with Gasteiger partial charge in [0.2, 0.25) is 5.91 Å². The second-order valence-electron chi connectivity index (χ2n) is 21.8. The fraction of sp³-hybridized carbons (Fsp3) is 0.937. The molecule has 0 radical (unpaired) electrons. The number of esters is 1. The van der Waals surface area contributed by atoms with Gasteiger partial charge in [-0.1, -0.05) is 321 Å². The van der Waals surface area contributed by atoms with Gasteiger partial charge in [-0.05, 0) is 32.1 Å². The number of aliphatic hydroxyl groups excluding tert-OH is 2. The lowest BCUT2D eigenvalue weighted by atomic mass is 10.0. The van der Waals surface area contributed by atoms with E-state index in [1.54, 1.807) is 6.08 Å². The SMILES string of the molecule is CCCCCCCCCCC/C=C/C(O)C(CO)NC(=O)CCCCCCCCCCCCCCCCCCCCCCCCCOC(=O)CCCCCCCCCCCCCCCCCCCC. The Hall–Kier alpha value is -1.40. The maximum absolute atomic E-state index is 12.4. The Morgan fingerprint density at radius 1 is 0.391 bits per heavy atom. The molecule has 0 spiro atoms. The zero-order chi connectivity index (χ0) is 50.0. The smallest absolute Gasteiger partial charge is 0.305 e. The van der Waals surface area contributed by atoms with Crippen molar-refractivity contribution in [1.82, 2.24) is 5.32 Å². The molecule has 6 heteroatoms. The molecule has 0 fully saturated rings. The van der Waals surface area contributed by atoms with E-state index in [-0.39, 0.29) is 18.5 Å². The van der Waals surface area contributed by atoms with E-state index in [1.165, 1.54) is 289 Å². The van der Waals surface area contributed by atoms with Crippen LogP contribution in [0.15, 0.2) is 12.2 Å². The molecule has 0 aliphatic carbocycles. The summed E-state index contributed by atoms with van der Waals surface area (Å²) in [4.78, 5) is 24.5. The number of hydrogen-bond donors (Lipinski definition) is 3. The van der Waals surface area contributed by atoms with Crippen molar-refractivity contribution in [2.75, 3.05) is 13.2 Å². The Kier molecular flexibility index (Phi) is 58.0. The molecular weight excluding hydrogens is 851 g/mol. The van der Waals surface area contributed by atoms with Crippen LogP contribution in [0.3, 0.4) is 0 Å². The van der Waals surface area contributed by atoms with Crippen molar-refractivity contribution in [3.05, 3.63) is 12.2 Å². The highest BCUT2D eigenvalue weighted by molar-refractivity contribution is 5.76. The summed E-state index contributed by atoms with van der Waals surface area (Å²) < 4.78 is 5.50. The van der Waals surface area contributed by atoms with E-state index in [0.717, 1.165) is 38.5 Å². The van der Waals surface area contributed by atoms with Crippen LogP contribution in [0.5, 0.6) is 0 Å². The summed E-state index contributed by atoms with van der Waals surface area (Å²) in [5, 5.41) is 23.0. The van der Waals surface area contributed by atoms with E-state index in [2.05, 4.69) is 19.2 Å². The molecule has 0 bridgehead atoms. The van der Waals surface area contributed by atoms with Crippen molar-refractivity contribution >= 4 is 11.9 Å². The summed E-state index contributed by atoms with van der Waals surface area (Å²) in [5.74, 6) is -0.0483. The first-order valence-electron chi connectivity index (χ1n) is 31.5. The van der Waals surface area contributed by atoms with E-state index in [1.807, 2.05) is 6.08 Å². The molecule has 0 heterocycles. The third kappa shape index (κ3) is 55.8. The highest BCUT2D eigenvalue weighted by Crippen LogP contribution is 2.18. The molecule has 2 unspecified atom stereocenters. The minimum absolute atomic E-state index is 0.0188. The van der Waals surface area contributed by atoms with E-state index < -0.39 is 12.1 Å². The van der Waals surface area contributed by atoms with Gasteiger partial charge in [0.15, 0.2) is 0 Å². The summed E-state index contributed by atoms with van der Waals surface area (Å²) >= 11 is 0. The van der Waals surface area contributed by atoms with Crippen LogP contribution in [0.2, 0.25) is 0 Å². The van der Waals surface area contributed by atoms with E-state index in [9.17, 15) is 19.8 Å². The Bertz CT molecular complexity index is 1030. The molecule has 410 valence electrons. The second kappa shape index (κ2) is 59.2. The van der Waals surface area contributed by atoms with Gasteiger partial charge in [0.05, 0.1) is 25.4 Å². The number of carbonyl (C=O) groups excluding carboxylic acids is 2. The number of rotatable bonds is 59. The Labute approximate surface area is 431 Å². The van der Waals surface area contributed by atoms with Crippen LogP contribution in [0.1, 0.15) is 354 Å². The number of unbranched alkanes of at least 4 members (excludes halogenated alkanes) is 48. The largest absolute Gasteiger partial charge is 0.466 e. The summed E-state index contributed by atoms with van der Waals surface area (Å²) in [5.41, 5.74) is 0.